The van der Waals surface area contributed by atoms with Crippen molar-refractivity contribution < 1.29 is 0 Å². The van der Waals surface area contributed by atoms with E-state index in [2.05, 4.69) is 73.7 Å². The first kappa shape index (κ1) is 18.0. The minimum atomic E-state index is 0.994. The van der Waals surface area contributed by atoms with Crippen molar-refractivity contribution in [1.29, 1.82) is 0 Å². The summed E-state index contributed by atoms with van der Waals surface area (Å²) in [5.41, 5.74) is 2.64. The Bertz CT molecular complexity index is 748. The Morgan fingerprint density at radius 2 is 1.37 bits per heavy atom. The highest BCUT2D eigenvalue weighted by molar-refractivity contribution is 5.53. The maximum Gasteiger partial charge on any atom is 0.134 e. The average molecular weight is 367 g/mol. The normalized spacial score (nSPS) is 18.8. The third kappa shape index (κ3) is 4.16. The van der Waals surface area contributed by atoms with E-state index in [0.29, 0.717) is 0 Å². The Morgan fingerprint density at radius 3 is 1.96 bits per heavy atom. The molecule has 3 heterocycles. The molecule has 1 aromatic heterocycles. The molecule has 0 amide bonds. The van der Waals surface area contributed by atoms with Gasteiger partial charge in [0.25, 0.3) is 0 Å². The van der Waals surface area contributed by atoms with Crippen molar-refractivity contribution in [2.75, 3.05) is 73.6 Å². The van der Waals surface area contributed by atoms with Crippen LogP contribution in [0.4, 0.5) is 17.3 Å². The van der Waals surface area contributed by atoms with Crippen LogP contribution in [-0.2, 0) is 0 Å². The SMILES string of the molecule is CCN1CCN(c2cc(N3CCN(c4cccc(C)c4)CC3)ncn2)CC1. The molecule has 4 rings (SSSR count). The van der Waals surface area contributed by atoms with Gasteiger partial charge < -0.3 is 19.6 Å². The van der Waals surface area contributed by atoms with Crippen molar-refractivity contribution in [3.63, 3.8) is 0 Å². The Labute approximate surface area is 162 Å². The zero-order valence-corrected chi connectivity index (χ0v) is 16.5. The number of hydrogen-bond donors (Lipinski definition) is 0. The van der Waals surface area contributed by atoms with Crippen LogP contribution in [0.5, 0.6) is 0 Å². The number of aryl methyl sites for hydroxylation is 1. The van der Waals surface area contributed by atoms with Gasteiger partial charge in [-0.25, -0.2) is 9.97 Å². The fourth-order valence-electron chi connectivity index (χ4n) is 3.99. The van der Waals surface area contributed by atoms with Gasteiger partial charge in [-0.3, -0.25) is 0 Å². The highest BCUT2D eigenvalue weighted by atomic mass is 15.3. The topological polar surface area (TPSA) is 38.7 Å². The number of aromatic nitrogens is 2. The van der Waals surface area contributed by atoms with Crippen molar-refractivity contribution in [1.82, 2.24) is 14.9 Å². The van der Waals surface area contributed by atoms with Crippen LogP contribution in [0.2, 0.25) is 0 Å². The summed E-state index contributed by atoms with van der Waals surface area (Å²) in [4.78, 5) is 18.8. The van der Waals surface area contributed by atoms with E-state index in [4.69, 9.17) is 0 Å². The molecule has 6 nitrogen and oxygen atoms in total. The number of anilines is 3. The molecule has 0 unspecified atom stereocenters. The molecule has 0 aliphatic carbocycles. The second kappa shape index (κ2) is 8.13. The fraction of sp³-hybridized carbons (Fsp3) is 0.524. The molecule has 2 aromatic rings. The van der Waals surface area contributed by atoms with Crippen molar-refractivity contribution in [3.05, 3.63) is 42.2 Å². The zero-order valence-electron chi connectivity index (χ0n) is 16.5. The maximum atomic E-state index is 4.56. The lowest BCUT2D eigenvalue weighted by molar-refractivity contribution is 0.270. The van der Waals surface area contributed by atoms with Crippen molar-refractivity contribution in [2.24, 2.45) is 0 Å². The van der Waals surface area contributed by atoms with Gasteiger partial charge in [0, 0.05) is 64.1 Å². The summed E-state index contributed by atoms with van der Waals surface area (Å²) in [6, 6.07) is 11.0. The number of piperazine rings is 2. The Morgan fingerprint density at radius 1 is 0.778 bits per heavy atom. The van der Waals surface area contributed by atoms with Gasteiger partial charge in [0.1, 0.15) is 18.0 Å². The molecule has 0 radical (unpaired) electrons. The van der Waals surface area contributed by atoms with Crippen molar-refractivity contribution in [3.8, 4) is 0 Å². The van der Waals surface area contributed by atoms with Crippen LogP contribution in [0.25, 0.3) is 0 Å². The Kier molecular flexibility index (Phi) is 5.43. The van der Waals surface area contributed by atoms with Crippen LogP contribution in [0.1, 0.15) is 12.5 Å². The number of hydrogen-bond acceptors (Lipinski definition) is 6. The van der Waals surface area contributed by atoms with Gasteiger partial charge >= 0.3 is 0 Å². The summed E-state index contributed by atoms with van der Waals surface area (Å²) >= 11 is 0. The average Bonchev–Trinajstić information content (AvgIpc) is 2.74. The molecule has 2 fully saturated rings. The highest BCUT2D eigenvalue weighted by Gasteiger charge is 2.21. The lowest BCUT2D eigenvalue weighted by Crippen LogP contribution is -2.47. The van der Waals surface area contributed by atoms with E-state index in [9.17, 15) is 0 Å². The quantitative estimate of drug-likeness (QED) is 0.826. The monoisotopic (exact) mass is 366 g/mol. The van der Waals surface area contributed by atoms with Crippen LogP contribution in [-0.4, -0.2) is 73.8 Å². The van der Waals surface area contributed by atoms with Gasteiger partial charge in [0.2, 0.25) is 0 Å². The molecule has 0 saturated carbocycles. The second-order valence-corrected chi connectivity index (χ2v) is 7.47. The van der Waals surface area contributed by atoms with Gasteiger partial charge in [-0.05, 0) is 31.2 Å². The van der Waals surface area contributed by atoms with Crippen LogP contribution in [0.15, 0.2) is 36.7 Å². The van der Waals surface area contributed by atoms with Gasteiger partial charge in [-0.1, -0.05) is 19.1 Å². The number of nitrogens with zero attached hydrogens (tertiary/aromatic N) is 6. The molecule has 0 bridgehead atoms. The molecular weight excluding hydrogens is 336 g/mol. The molecule has 27 heavy (non-hydrogen) atoms. The van der Waals surface area contributed by atoms with Crippen LogP contribution < -0.4 is 14.7 Å². The van der Waals surface area contributed by atoms with Crippen LogP contribution in [0.3, 0.4) is 0 Å². The lowest BCUT2D eigenvalue weighted by atomic mass is 10.2. The van der Waals surface area contributed by atoms with E-state index in [1.165, 1.54) is 11.3 Å². The minimum absolute atomic E-state index is 0.994. The molecule has 2 saturated heterocycles. The Hall–Kier alpha value is -2.34. The maximum absolute atomic E-state index is 4.56. The van der Waals surface area contributed by atoms with E-state index in [-0.39, 0.29) is 0 Å². The first-order chi connectivity index (χ1) is 13.2. The molecule has 2 aliphatic heterocycles. The third-order valence-corrected chi connectivity index (χ3v) is 5.75. The van der Waals surface area contributed by atoms with Gasteiger partial charge in [-0.15, -0.1) is 0 Å². The summed E-state index contributed by atoms with van der Waals surface area (Å²) < 4.78 is 0. The van der Waals surface area contributed by atoms with Crippen molar-refractivity contribution >= 4 is 17.3 Å². The standard InChI is InChI=1S/C21H30N6/c1-3-24-7-9-26(10-8-24)20-16-21(23-17-22-20)27-13-11-25(12-14-27)19-6-4-5-18(2)15-19/h4-6,15-17H,3,7-14H2,1-2H3. The number of likely N-dealkylation sites (N-methyl/N-ethyl adjacent to an activating group) is 1. The first-order valence-electron chi connectivity index (χ1n) is 10.1. The van der Waals surface area contributed by atoms with Crippen molar-refractivity contribution in [2.45, 2.75) is 13.8 Å². The van der Waals surface area contributed by atoms with Gasteiger partial charge in [-0.2, -0.15) is 0 Å². The first-order valence-corrected chi connectivity index (χ1v) is 10.1. The third-order valence-electron chi connectivity index (χ3n) is 5.75. The predicted molar refractivity (Wildman–Crippen MR) is 112 cm³/mol. The number of rotatable bonds is 4. The molecule has 0 atom stereocenters. The summed E-state index contributed by atoms with van der Waals surface area (Å²) in [7, 11) is 0. The predicted octanol–water partition coefficient (Wildman–Crippen LogP) is 2.25. The fourth-order valence-corrected chi connectivity index (χ4v) is 3.99. The minimum Gasteiger partial charge on any atom is -0.368 e. The Balaban J connectivity index is 1.39. The van der Waals surface area contributed by atoms with E-state index in [0.717, 1.165) is 70.5 Å². The summed E-state index contributed by atoms with van der Waals surface area (Å²) in [6.07, 6.45) is 1.73. The largest absolute Gasteiger partial charge is 0.368 e. The summed E-state index contributed by atoms with van der Waals surface area (Å²) in [5.74, 6) is 2.12. The molecule has 0 spiro atoms. The molecule has 144 valence electrons. The van der Waals surface area contributed by atoms with E-state index < -0.39 is 0 Å². The van der Waals surface area contributed by atoms with E-state index >= 15 is 0 Å². The second-order valence-electron chi connectivity index (χ2n) is 7.47. The highest BCUT2D eigenvalue weighted by Crippen LogP contribution is 2.22. The van der Waals surface area contributed by atoms with Crippen LogP contribution >= 0.6 is 0 Å². The zero-order chi connectivity index (χ0) is 18.6. The summed E-state index contributed by atoms with van der Waals surface area (Å²) in [6.45, 7) is 13.9. The molecule has 2 aliphatic rings. The number of benzene rings is 1. The molecule has 1 aromatic carbocycles. The molecule has 6 heteroatoms. The van der Waals surface area contributed by atoms with Gasteiger partial charge in [0.15, 0.2) is 0 Å². The van der Waals surface area contributed by atoms with Gasteiger partial charge in [0.05, 0.1) is 0 Å². The van der Waals surface area contributed by atoms with Crippen LogP contribution in [0, 0.1) is 6.92 Å². The molecular formula is C21H30N6. The smallest absolute Gasteiger partial charge is 0.134 e. The lowest BCUT2D eigenvalue weighted by Gasteiger charge is -2.38. The summed E-state index contributed by atoms with van der Waals surface area (Å²) in [5, 5.41) is 0. The van der Waals surface area contributed by atoms with E-state index in [1.54, 1.807) is 6.33 Å². The van der Waals surface area contributed by atoms with E-state index in [1.807, 2.05) is 0 Å². The molecule has 0 N–H and O–H groups in total.